The third kappa shape index (κ3) is 1.29. The highest BCUT2D eigenvalue weighted by Crippen LogP contribution is 2.15. The van der Waals surface area contributed by atoms with Crippen molar-refractivity contribution in [3.05, 3.63) is 34.6 Å². The second-order valence-electron chi connectivity index (χ2n) is 1.77. The van der Waals surface area contributed by atoms with Crippen molar-refractivity contribution < 1.29 is 4.39 Å². The molecule has 0 nitrogen and oxygen atoms in total. The Balaban J connectivity index is 3.23. The first-order valence-electron chi connectivity index (χ1n) is 2.65. The van der Waals surface area contributed by atoms with Gasteiger partial charge < -0.3 is 0 Å². The predicted molar refractivity (Wildman–Crippen MR) is 39.3 cm³/mol. The maximum Gasteiger partial charge on any atom is 0.124 e. The van der Waals surface area contributed by atoms with Gasteiger partial charge in [-0.15, -0.1) is 6.42 Å². The van der Waals surface area contributed by atoms with Crippen molar-refractivity contribution >= 4 is 11.6 Å². The summed E-state index contributed by atoms with van der Waals surface area (Å²) in [5, 5.41) is 0.280. The SMILES string of the molecule is C#Cc1ccc(F)cc1Cl. The van der Waals surface area contributed by atoms with Crippen LogP contribution in [0.25, 0.3) is 0 Å². The molecule has 0 unspecified atom stereocenters. The molecule has 0 bridgehead atoms. The molecule has 0 fully saturated rings. The molecule has 0 saturated carbocycles. The van der Waals surface area contributed by atoms with Gasteiger partial charge in [0.05, 0.1) is 5.02 Å². The number of rotatable bonds is 0. The average Bonchev–Trinajstić information content (AvgIpc) is 1.88. The van der Waals surface area contributed by atoms with E-state index in [2.05, 4.69) is 5.92 Å². The minimum atomic E-state index is -0.371. The second-order valence-corrected chi connectivity index (χ2v) is 2.18. The van der Waals surface area contributed by atoms with Crippen LogP contribution in [0.2, 0.25) is 5.02 Å². The Hall–Kier alpha value is -1.00. The van der Waals surface area contributed by atoms with Crippen LogP contribution in [0.3, 0.4) is 0 Å². The fourth-order valence-electron chi connectivity index (χ4n) is 0.607. The molecule has 0 aromatic heterocycles. The Morgan fingerprint density at radius 3 is 2.70 bits per heavy atom. The standard InChI is InChI=1S/C8H4ClF/c1-2-6-3-4-7(10)5-8(6)9/h1,3-5H. The molecule has 0 atom stereocenters. The van der Waals surface area contributed by atoms with Crippen molar-refractivity contribution in [1.82, 2.24) is 0 Å². The Morgan fingerprint density at radius 1 is 1.50 bits per heavy atom. The van der Waals surface area contributed by atoms with Gasteiger partial charge in [-0.05, 0) is 18.2 Å². The largest absolute Gasteiger partial charge is 0.207 e. The molecule has 1 aromatic rings. The summed E-state index contributed by atoms with van der Waals surface area (Å²) in [5.74, 6) is 1.95. The molecule has 0 amide bonds. The van der Waals surface area contributed by atoms with Gasteiger partial charge in [0.25, 0.3) is 0 Å². The minimum absolute atomic E-state index is 0.280. The smallest absolute Gasteiger partial charge is 0.124 e. The monoisotopic (exact) mass is 154 g/mol. The lowest BCUT2D eigenvalue weighted by Gasteiger charge is -1.93. The van der Waals surface area contributed by atoms with Gasteiger partial charge in [-0.1, -0.05) is 17.5 Å². The van der Waals surface area contributed by atoms with Crippen LogP contribution in [0.5, 0.6) is 0 Å². The van der Waals surface area contributed by atoms with E-state index < -0.39 is 0 Å². The molecule has 1 rings (SSSR count). The number of terminal acetylenes is 1. The number of hydrogen-bond acceptors (Lipinski definition) is 0. The lowest BCUT2D eigenvalue weighted by molar-refractivity contribution is 0.628. The molecule has 0 aliphatic carbocycles. The molecule has 0 heterocycles. The average molecular weight is 155 g/mol. The summed E-state index contributed by atoms with van der Waals surface area (Å²) >= 11 is 5.55. The van der Waals surface area contributed by atoms with E-state index in [9.17, 15) is 4.39 Å². The van der Waals surface area contributed by atoms with Gasteiger partial charge >= 0.3 is 0 Å². The lowest BCUT2D eigenvalue weighted by atomic mass is 10.2. The van der Waals surface area contributed by atoms with Crippen molar-refractivity contribution in [3.8, 4) is 12.3 Å². The molecule has 50 valence electrons. The van der Waals surface area contributed by atoms with Crippen molar-refractivity contribution in [2.24, 2.45) is 0 Å². The molecule has 0 saturated heterocycles. The van der Waals surface area contributed by atoms with E-state index in [-0.39, 0.29) is 10.8 Å². The van der Waals surface area contributed by atoms with Crippen LogP contribution < -0.4 is 0 Å². The van der Waals surface area contributed by atoms with Crippen LogP contribution in [-0.2, 0) is 0 Å². The Morgan fingerprint density at radius 2 is 2.20 bits per heavy atom. The summed E-state index contributed by atoms with van der Waals surface area (Å²) in [6, 6.07) is 3.94. The zero-order valence-electron chi connectivity index (χ0n) is 5.07. The van der Waals surface area contributed by atoms with E-state index in [0.29, 0.717) is 5.56 Å². The fourth-order valence-corrected chi connectivity index (χ4v) is 0.828. The van der Waals surface area contributed by atoms with Crippen LogP contribution in [0.4, 0.5) is 4.39 Å². The summed E-state index contributed by atoms with van der Waals surface area (Å²) in [6.07, 6.45) is 5.04. The maximum atomic E-state index is 12.3. The van der Waals surface area contributed by atoms with Crippen molar-refractivity contribution in [2.75, 3.05) is 0 Å². The fraction of sp³-hybridized carbons (Fsp3) is 0. The second kappa shape index (κ2) is 2.72. The highest BCUT2D eigenvalue weighted by molar-refractivity contribution is 6.31. The molecular formula is C8H4ClF. The van der Waals surface area contributed by atoms with Gasteiger partial charge in [-0.2, -0.15) is 0 Å². The topological polar surface area (TPSA) is 0 Å². The van der Waals surface area contributed by atoms with Gasteiger partial charge in [-0.25, -0.2) is 4.39 Å². The van der Waals surface area contributed by atoms with Gasteiger partial charge in [0.1, 0.15) is 5.82 Å². The third-order valence-electron chi connectivity index (χ3n) is 1.09. The van der Waals surface area contributed by atoms with E-state index in [4.69, 9.17) is 18.0 Å². The predicted octanol–water partition coefficient (Wildman–Crippen LogP) is 2.46. The van der Waals surface area contributed by atoms with E-state index in [1.165, 1.54) is 18.2 Å². The zero-order chi connectivity index (χ0) is 7.56. The zero-order valence-corrected chi connectivity index (χ0v) is 5.82. The highest BCUT2D eigenvalue weighted by atomic mass is 35.5. The quantitative estimate of drug-likeness (QED) is 0.504. The Labute approximate surface area is 63.6 Å². The first kappa shape index (κ1) is 7.11. The minimum Gasteiger partial charge on any atom is -0.207 e. The third-order valence-corrected chi connectivity index (χ3v) is 1.40. The van der Waals surface area contributed by atoms with Crippen LogP contribution in [0, 0.1) is 18.2 Å². The molecule has 0 radical (unpaired) electrons. The van der Waals surface area contributed by atoms with E-state index in [0.717, 1.165) is 0 Å². The summed E-state index contributed by atoms with van der Waals surface area (Å²) in [7, 11) is 0. The first-order chi connectivity index (χ1) is 4.74. The molecule has 0 aliphatic rings. The molecule has 0 spiro atoms. The van der Waals surface area contributed by atoms with Crippen molar-refractivity contribution in [3.63, 3.8) is 0 Å². The van der Waals surface area contributed by atoms with Crippen LogP contribution in [0.1, 0.15) is 5.56 Å². The van der Waals surface area contributed by atoms with Gasteiger partial charge in [0.2, 0.25) is 0 Å². The normalized spacial score (nSPS) is 8.90. The maximum absolute atomic E-state index is 12.3. The van der Waals surface area contributed by atoms with E-state index in [1.54, 1.807) is 0 Å². The number of benzene rings is 1. The van der Waals surface area contributed by atoms with E-state index in [1.807, 2.05) is 0 Å². The molecule has 10 heavy (non-hydrogen) atoms. The molecular weight excluding hydrogens is 151 g/mol. The van der Waals surface area contributed by atoms with E-state index >= 15 is 0 Å². The first-order valence-corrected chi connectivity index (χ1v) is 3.03. The van der Waals surface area contributed by atoms with Crippen LogP contribution in [0.15, 0.2) is 18.2 Å². The molecule has 1 aromatic carbocycles. The molecule has 0 N–H and O–H groups in total. The molecule has 0 aliphatic heterocycles. The van der Waals surface area contributed by atoms with Gasteiger partial charge in [0.15, 0.2) is 0 Å². The van der Waals surface area contributed by atoms with Gasteiger partial charge in [-0.3, -0.25) is 0 Å². The van der Waals surface area contributed by atoms with Crippen LogP contribution in [-0.4, -0.2) is 0 Å². The lowest BCUT2D eigenvalue weighted by Crippen LogP contribution is -1.78. The van der Waals surface area contributed by atoms with Crippen molar-refractivity contribution in [2.45, 2.75) is 0 Å². The summed E-state index contributed by atoms with van der Waals surface area (Å²) in [4.78, 5) is 0. The van der Waals surface area contributed by atoms with Crippen molar-refractivity contribution in [1.29, 1.82) is 0 Å². The Kier molecular flexibility index (Phi) is 1.94. The number of halogens is 2. The van der Waals surface area contributed by atoms with Gasteiger partial charge in [0, 0.05) is 5.56 Å². The summed E-state index contributed by atoms with van der Waals surface area (Å²) < 4.78 is 12.3. The van der Waals surface area contributed by atoms with Crippen LogP contribution >= 0.6 is 11.6 Å². The highest BCUT2D eigenvalue weighted by Gasteiger charge is 1.96. The summed E-state index contributed by atoms with van der Waals surface area (Å²) in [5.41, 5.74) is 0.517. The summed E-state index contributed by atoms with van der Waals surface area (Å²) in [6.45, 7) is 0. The number of hydrogen-bond donors (Lipinski definition) is 0. The Bertz CT molecular complexity index is 286. The molecule has 2 heteroatoms.